The zero-order valence-electron chi connectivity index (χ0n) is 21.1. The molecule has 2 aliphatic heterocycles. The minimum atomic E-state index is -1.16. The van der Waals surface area contributed by atoms with Crippen molar-refractivity contribution in [2.75, 3.05) is 6.61 Å². The maximum Gasteiger partial charge on any atom is 0.342 e. The second-order valence-electron chi connectivity index (χ2n) is 9.49. The van der Waals surface area contributed by atoms with Gasteiger partial charge < -0.3 is 24.4 Å². The van der Waals surface area contributed by atoms with Gasteiger partial charge in [0.05, 0.1) is 12.5 Å². The lowest BCUT2D eigenvalue weighted by molar-refractivity contribution is -0.139. The Morgan fingerprint density at radius 2 is 1.89 bits per heavy atom. The van der Waals surface area contributed by atoms with Gasteiger partial charge in [-0.25, -0.2) is 9.59 Å². The molecule has 9 nitrogen and oxygen atoms in total. The van der Waals surface area contributed by atoms with Gasteiger partial charge >= 0.3 is 17.9 Å². The van der Waals surface area contributed by atoms with Gasteiger partial charge in [-0.05, 0) is 50.3 Å². The molecule has 0 aromatic heterocycles. The number of carboxylic acids is 1. The van der Waals surface area contributed by atoms with Gasteiger partial charge in [0.15, 0.2) is 6.61 Å². The SMILES string of the molecule is C[C@H]1CCCC(=O)CCC/C=C/c2cc3c(c(O)c2C(=O)O1)[C@H](c1ccccc1OCC(=O)O)CC(=O)O3. The molecule has 4 rings (SSSR count). The van der Waals surface area contributed by atoms with Gasteiger partial charge in [0.1, 0.15) is 28.6 Å². The number of fused-ring (bicyclic) bond motifs is 2. The van der Waals surface area contributed by atoms with Crippen LogP contribution >= 0.6 is 0 Å². The quantitative estimate of drug-likeness (QED) is 0.429. The lowest BCUT2D eigenvalue weighted by Gasteiger charge is -2.28. The molecule has 0 bridgehead atoms. The van der Waals surface area contributed by atoms with E-state index in [9.17, 15) is 24.3 Å². The van der Waals surface area contributed by atoms with Crippen LogP contribution in [0.15, 0.2) is 36.4 Å². The van der Waals surface area contributed by atoms with Crippen molar-refractivity contribution in [2.24, 2.45) is 0 Å². The number of cyclic esters (lactones) is 1. The van der Waals surface area contributed by atoms with Gasteiger partial charge in [-0.2, -0.15) is 0 Å². The Balaban J connectivity index is 1.81. The number of carboxylic acid groups (broad SMARTS) is 1. The minimum absolute atomic E-state index is 0.0492. The summed E-state index contributed by atoms with van der Waals surface area (Å²) in [5.74, 6) is -3.05. The van der Waals surface area contributed by atoms with Crippen LogP contribution in [0.5, 0.6) is 17.2 Å². The van der Waals surface area contributed by atoms with E-state index in [-0.39, 0.29) is 40.6 Å². The lowest BCUT2D eigenvalue weighted by Crippen LogP contribution is -2.24. The number of aliphatic carboxylic acids is 1. The van der Waals surface area contributed by atoms with Crippen LogP contribution < -0.4 is 9.47 Å². The standard InChI is InChI=1S/C29H30O9/c1-17-8-7-11-19(30)10-4-2-3-9-18-14-23-27(28(34)26(18)29(35)37-17)21(15-25(33)38-23)20-12-5-6-13-22(20)36-16-24(31)32/h3,5-6,9,12-14,17,21,34H,2,4,7-8,10-11,15-16H2,1H3,(H,31,32)/b9-3+/t17-,21-/m0/s1. The van der Waals surface area contributed by atoms with Gasteiger partial charge in [-0.15, -0.1) is 0 Å². The van der Waals surface area contributed by atoms with Crippen molar-refractivity contribution in [3.05, 3.63) is 58.7 Å². The smallest absolute Gasteiger partial charge is 0.342 e. The number of phenolic OH excluding ortho intramolecular Hbond substituents is 1. The van der Waals surface area contributed by atoms with Crippen molar-refractivity contribution < 1.29 is 43.6 Å². The number of phenols is 1. The van der Waals surface area contributed by atoms with Crippen LogP contribution in [0, 0.1) is 0 Å². The minimum Gasteiger partial charge on any atom is -0.507 e. The van der Waals surface area contributed by atoms with Gasteiger partial charge in [-0.1, -0.05) is 30.4 Å². The lowest BCUT2D eigenvalue weighted by atomic mass is 9.83. The number of hydrogen-bond donors (Lipinski definition) is 2. The average molecular weight is 523 g/mol. The third-order valence-corrected chi connectivity index (χ3v) is 6.62. The number of ether oxygens (including phenoxy) is 3. The monoisotopic (exact) mass is 522 g/mol. The molecule has 2 N–H and O–H groups in total. The van der Waals surface area contributed by atoms with E-state index in [1.165, 1.54) is 6.07 Å². The molecule has 9 heteroatoms. The summed E-state index contributed by atoms with van der Waals surface area (Å²) in [5.41, 5.74) is 0.974. The molecule has 0 unspecified atom stereocenters. The van der Waals surface area contributed by atoms with Gasteiger partial charge in [0.2, 0.25) is 0 Å². The molecule has 0 saturated carbocycles. The Labute approximate surface area is 220 Å². The van der Waals surface area contributed by atoms with Gasteiger partial charge in [-0.3, -0.25) is 9.59 Å². The summed E-state index contributed by atoms with van der Waals surface area (Å²) in [7, 11) is 0. The number of benzene rings is 2. The summed E-state index contributed by atoms with van der Waals surface area (Å²) in [6, 6.07) is 8.16. The third kappa shape index (κ3) is 6.22. The fourth-order valence-corrected chi connectivity index (χ4v) is 4.82. The number of carbonyl (C=O) groups is 4. The molecule has 2 aromatic rings. The summed E-state index contributed by atoms with van der Waals surface area (Å²) in [6.45, 7) is 1.15. The maximum atomic E-state index is 13.3. The van der Waals surface area contributed by atoms with Crippen molar-refractivity contribution in [3.63, 3.8) is 0 Å². The average Bonchev–Trinajstić information content (AvgIpc) is 2.86. The zero-order valence-corrected chi connectivity index (χ0v) is 21.1. The van der Waals surface area contributed by atoms with Crippen LogP contribution in [0.25, 0.3) is 6.08 Å². The van der Waals surface area contributed by atoms with E-state index in [1.807, 2.05) is 0 Å². The Hall–Kier alpha value is -4.14. The third-order valence-electron chi connectivity index (χ3n) is 6.62. The number of ketones is 1. The highest BCUT2D eigenvalue weighted by Gasteiger charge is 2.36. The first kappa shape index (κ1) is 26.9. The Morgan fingerprint density at radius 3 is 2.68 bits per heavy atom. The highest BCUT2D eigenvalue weighted by atomic mass is 16.5. The fraction of sp³-hybridized carbons (Fsp3) is 0.379. The number of rotatable bonds is 4. The molecular weight excluding hydrogens is 492 g/mol. The summed E-state index contributed by atoms with van der Waals surface area (Å²) < 4.78 is 16.6. The molecule has 0 fully saturated rings. The first-order valence-corrected chi connectivity index (χ1v) is 12.7. The molecule has 0 amide bonds. The fourth-order valence-electron chi connectivity index (χ4n) is 4.82. The van der Waals surface area contributed by atoms with Crippen LogP contribution in [0.2, 0.25) is 0 Å². The van der Waals surface area contributed by atoms with E-state index in [1.54, 1.807) is 43.3 Å². The van der Waals surface area contributed by atoms with Crippen LogP contribution in [0.3, 0.4) is 0 Å². The van der Waals surface area contributed by atoms with Crippen LogP contribution in [-0.2, 0) is 19.1 Å². The molecular formula is C29H30O9. The van der Waals surface area contributed by atoms with Crippen LogP contribution in [0.1, 0.15) is 84.8 Å². The molecule has 2 heterocycles. The molecule has 38 heavy (non-hydrogen) atoms. The molecule has 0 aliphatic carbocycles. The second-order valence-corrected chi connectivity index (χ2v) is 9.49. The van der Waals surface area contributed by atoms with Crippen molar-refractivity contribution in [3.8, 4) is 17.2 Å². The number of allylic oxidation sites excluding steroid dienone is 1. The van der Waals surface area contributed by atoms with E-state index in [0.29, 0.717) is 49.7 Å². The Bertz CT molecular complexity index is 1280. The molecule has 0 saturated heterocycles. The maximum absolute atomic E-state index is 13.3. The van der Waals surface area contributed by atoms with E-state index in [0.717, 1.165) is 0 Å². The van der Waals surface area contributed by atoms with E-state index < -0.39 is 36.5 Å². The second kappa shape index (κ2) is 11.9. The highest BCUT2D eigenvalue weighted by Crippen LogP contribution is 2.48. The molecule has 0 spiro atoms. The van der Waals surface area contributed by atoms with Crippen molar-refractivity contribution in [2.45, 2.75) is 63.9 Å². The van der Waals surface area contributed by atoms with Gasteiger partial charge in [0, 0.05) is 29.9 Å². The molecule has 0 radical (unpaired) electrons. The van der Waals surface area contributed by atoms with Gasteiger partial charge in [0.25, 0.3) is 0 Å². The van der Waals surface area contributed by atoms with Crippen LogP contribution in [0.4, 0.5) is 0 Å². The molecule has 2 aromatic carbocycles. The Morgan fingerprint density at radius 1 is 1.13 bits per heavy atom. The summed E-state index contributed by atoms with van der Waals surface area (Å²) >= 11 is 0. The number of esters is 2. The molecule has 200 valence electrons. The number of para-hydroxylation sites is 1. The van der Waals surface area contributed by atoms with Crippen molar-refractivity contribution in [1.29, 1.82) is 0 Å². The highest BCUT2D eigenvalue weighted by molar-refractivity contribution is 5.98. The number of aromatic hydroxyl groups is 1. The summed E-state index contributed by atoms with van der Waals surface area (Å²) in [6.07, 6.45) is 6.06. The largest absolute Gasteiger partial charge is 0.507 e. The Kier molecular flexibility index (Phi) is 8.45. The number of carbonyl (C=O) groups excluding carboxylic acids is 3. The van der Waals surface area contributed by atoms with Crippen molar-refractivity contribution >= 4 is 29.8 Å². The number of Topliss-reactive ketones (excluding diaryl/α,β-unsaturated/α-hetero) is 1. The number of hydrogen-bond acceptors (Lipinski definition) is 8. The normalized spacial score (nSPS) is 21.2. The summed E-state index contributed by atoms with van der Waals surface area (Å²) in [4.78, 5) is 49.1. The molecule has 2 atom stereocenters. The predicted molar refractivity (Wildman–Crippen MR) is 136 cm³/mol. The predicted octanol–water partition coefficient (Wildman–Crippen LogP) is 4.78. The van der Waals surface area contributed by atoms with Crippen LogP contribution in [-0.4, -0.2) is 46.6 Å². The van der Waals surface area contributed by atoms with Crippen molar-refractivity contribution in [1.82, 2.24) is 0 Å². The summed E-state index contributed by atoms with van der Waals surface area (Å²) in [5, 5.41) is 20.6. The topological polar surface area (TPSA) is 136 Å². The first-order chi connectivity index (χ1) is 18.2. The van der Waals surface area contributed by atoms with E-state index in [2.05, 4.69) is 0 Å². The first-order valence-electron chi connectivity index (χ1n) is 12.7. The zero-order chi connectivity index (χ0) is 27.2. The molecule has 2 aliphatic rings. The van der Waals surface area contributed by atoms with E-state index in [4.69, 9.17) is 19.3 Å². The van der Waals surface area contributed by atoms with E-state index >= 15 is 0 Å².